The van der Waals surface area contributed by atoms with Gasteiger partial charge in [-0.15, -0.1) is 11.3 Å². The summed E-state index contributed by atoms with van der Waals surface area (Å²) in [6.45, 7) is 0.769. The van der Waals surface area contributed by atoms with Gasteiger partial charge in [-0.25, -0.2) is 15.0 Å². The molecule has 3 aromatic rings. The number of nitrogens with zero attached hydrogens (tertiary/aromatic N) is 3. The topological polar surface area (TPSA) is 50.7 Å². The molecule has 0 unspecified atom stereocenters. The van der Waals surface area contributed by atoms with Crippen molar-refractivity contribution in [1.29, 1.82) is 0 Å². The molecule has 0 spiro atoms. The molecule has 0 saturated heterocycles. The van der Waals surface area contributed by atoms with Crippen LogP contribution in [0.15, 0.2) is 35.8 Å². The lowest BCUT2D eigenvalue weighted by Crippen LogP contribution is -2.07. The van der Waals surface area contributed by atoms with Gasteiger partial charge in [-0.3, -0.25) is 0 Å². The summed E-state index contributed by atoms with van der Waals surface area (Å²) in [5.74, 6) is 0.771. The van der Waals surface area contributed by atoms with Gasteiger partial charge < -0.3 is 5.32 Å². The van der Waals surface area contributed by atoms with Crippen molar-refractivity contribution in [3.63, 3.8) is 0 Å². The minimum atomic E-state index is 0.260. The number of fused-ring (bicyclic) bond motifs is 1. The Morgan fingerprint density at radius 2 is 2.11 bits per heavy atom. The van der Waals surface area contributed by atoms with Gasteiger partial charge in [0.2, 0.25) is 5.28 Å². The van der Waals surface area contributed by atoms with E-state index in [-0.39, 0.29) is 5.28 Å². The van der Waals surface area contributed by atoms with Crippen molar-refractivity contribution in [3.8, 4) is 0 Å². The van der Waals surface area contributed by atoms with Crippen molar-refractivity contribution in [1.82, 2.24) is 15.0 Å². The Kier molecular flexibility index (Phi) is 3.57. The zero-order valence-corrected chi connectivity index (χ0v) is 11.6. The Morgan fingerprint density at radius 3 is 2.95 bits per heavy atom. The van der Waals surface area contributed by atoms with Gasteiger partial charge in [0.25, 0.3) is 0 Å². The largest absolute Gasteiger partial charge is 0.369 e. The molecule has 0 fully saturated rings. The van der Waals surface area contributed by atoms with Crippen molar-refractivity contribution in [2.75, 3.05) is 11.9 Å². The third kappa shape index (κ3) is 2.83. The van der Waals surface area contributed by atoms with E-state index in [2.05, 4.69) is 20.3 Å². The highest BCUT2D eigenvalue weighted by molar-refractivity contribution is 7.09. The summed E-state index contributed by atoms with van der Waals surface area (Å²) in [4.78, 5) is 12.7. The number of hydrogen-bond donors (Lipinski definition) is 1. The fourth-order valence-corrected chi connectivity index (χ4v) is 2.64. The minimum Gasteiger partial charge on any atom is -0.369 e. The van der Waals surface area contributed by atoms with Crippen LogP contribution in [0.3, 0.4) is 0 Å². The van der Waals surface area contributed by atoms with E-state index in [1.807, 2.05) is 35.8 Å². The number of thiazole rings is 1. The second kappa shape index (κ2) is 5.50. The normalized spacial score (nSPS) is 10.8. The van der Waals surface area contributed by atoms with Crippen LogP contribution in [-0.4, -0.2) is 21.5 Å². The standard InChI is InChI=1S/C13H11ClN4S/c14-13-17-10-4-2-1-3-9(10)12(18-13)16-6-5-11-15-7-8-19-11/h1-4,7-8H,5-6H2,(H,16,17,18). The van der Waals surface area contributed by atoms with Crippen LogP contribution in [0.1, 0.15) is 5.01 Å². The average Bonchev–Trinajstić information content (AvgIpc) is 2.91. The maximum Gasteiger partial charge on any atom is 0.224 e. The molecule has 2 aromatic heterocycles. The second-order valence-electron chi connectivity index (χ2n) is 3.96. The van der Waals surface area contributed by atoms with E-state index in [0.29, 0.717) is 0 Å². The van der Waals surface area contributed by atoms with Gasteiger partial charge in [-0.2, -0.15) is 0 Å². The van der Waals surface area contributed by atoms with Crippen LogP contribution in [0.2, 0.25) is 5.28 Å². The molecule has 2 heterocycles. The second-order valence-corrected chi connectivity index (χ2v) is 5.28. The molecule has 3 rings (SSSR count). The quantitative estimate of drug-likeness (QED) is 0.748. The number of anilines is 1. The van der Waals surface area contributed by atoms with E-state index in [0.717, 1.165) is 34.7 Å². The third-order valence-corrected chi connectivity index (χ3v) is 3.70. The number of benzene rings is 1. The van der Waals surface area contributed by atoms with Crippen LogP contribution in [0.4, 0.5) is 5.82 Å². The molecule has 0 aliphatic heterocycles. The predicted molar refractivity (Wildman–Crippen MR) is 78.9 cm³/mol. The highest BCUT2D eigenvalue weighted by Crippen LogP contribution is 2.21. The van der Waals surface area contributed by atoms with E-state index in [4.69, 9.17) is 11.6 Å². The molecule has 19 heavy (non-hydrogen) atoms. The fourth-order valence-electron chi connectivity index (χ4n) is 1.85. The molecule has 0 aliphatic rings. The zero-order chi connectivity index (χ0) is 13.1. The first kappa shape index (κ1) is 12.3. The van der Waals surface area contributed by atoms with Crippen molar-refractivity contribution in [2.45, 2.75) is 6.42 Å². The molecule has 0 bridgehead atoms. The summed E-state index contributed by atoms with van der Waals surface area (Å²) >= 11 is 7.58. The van der Waals surface area contributed by atoms with Crippen LogP contribution in [-0.2, 0) is 6.42 Å². The minimum absolute atomic E-state index is 0.260. The van der Waals surface area contributed by atoms with Gasteiger partial charge in [-0.05, 0) is 23.7 Å². The number of nitrogens with one attached hydrogen (secondary N) is 1. The zero-order valence-electron chi connectivity index (χ0n) is 10.0. The highest BCUT2D eigenvalue weighted by atomic mass is 35.5. The molecule has 1 N–H and O–H groups in total. The molecule has 96 valence electrons. The van der Waals surface area contributed by atoms with E-state index >= 15 is 0 Å². The Bertz CT molecular complexity index is 684. The van der Waals surface area contributed by atoms with Crippen LogP contribution < -0.4 is 5.32 Å². The molecule has 1 aromatic carbocycles. The lowest BCUT2D eigenvalue weighted by molar-refractivity contribution is 0.988. The SMILES string of the molecule is Clc1nc(NCCc2nccs2)c2ccccc2n1. The predicted octanol–water partition coefficient (Wildman–Crippen LogP) is 3.39. The van der Waals surface area contributed by atoms with Gasteiger partial charge in [0, 0.05) is 29.9 Å². The maximum absolute atomic E-state index is 5.93. The molecule has 0 atom stereocenters. The Morgan fingerprint density at radius 1 is 1.21 bits per heavy atom. The summed E-state index contributed by atoms with van der Waals surface area (Å²) < 4.78 is 0. The van der Waals surface area contributed by atoms with Crippen molar-refractivity contribution in [2.24, 2.45) is 0 Å². The van der Waals surface area contributed by atoms with Crippen molar-refractivity contribution >= 4 is 39.7 Å². The van der Waals surface area contributed by atoms with Gasteiger partial charge in [0.15, 0.2) is 0 Å². The summed E-state index contributed by atoms with van der Waals surface area (Å²) in [7, 11) is 0. The highest BCUT2D eigenvalue weighted by Gasteiger charge is 2.05. The molecule has 0 amide bonds. The van der Waals surface area contributed by atoms with Gasteiger partial charge in [-0.1, -0.05) is 12.1 Å². The molecule has 4 nitrogen and oxygen atoms in total. The summed E-state index contributed by atoms with van der Waals surface area (Å²) in [5.41, 5.74) is 0.847. The van der Waals surface area contributed by atoms with Crippen LogP contribution in [0.25, 0.3) is 10.9 Å². The number of halogens is 1. The monoisotopic (exact) mass is 290 g/mol. The first-order valence-electron chi connectivity index (χ1n) is 5.87. The Balaban J connectivity index is 1.80. The summed E-state index contributed by atoms with van der Waals surface area (Å²) in [6, 6.07) is 7.81. The van der Waals surface area contributed by atoms with Crippen LogP contribution in [0, 0.1) is 0 Å². The first-order chi connectivity index (χ1) is 9.33. The van der Waals surface area contributed by atoms with Crippen LogP contribution >= 0.6 is 22.9 Å². The van der Waals surface area contributed by atoms with Crippen LogP contribution in [0.5, 0.6) is 0 Å². The number of aromatic nitrogens is 3. The van der Waals surface area contributed by atoms with Gasteiger partial charge in [0.1, 0.15) is 5.82 Å². The lowest BCUT2D eigenvalue weighted by Gasteiger charge is -2.08. The number of rotatable bonds is 4. The Hall–Kier alpha value is -1.72. The summed E-state index contributed by atoms with van der Waals surface area (Å²) in [5, 5.41) is 7.62. The van der Waals surface area contributed by atoms with E-state index in [9.17, 15) is 0 Å². The Labute approximate surface area is 119 Å². The van der Waals surface area contributed by atoms with Gasteiger partial charge in [0.05, 0.1) is 10.5 Å². The lowest BCUT2D eigenvalue weighted by atomic mass is 10.2. The average molecular weight is 291 g/mol. The van der Waals surface area contributed by atoms with Crippen molar-refractivity contribution in [3.05, 3.63) is 46.1 Å². The smallest absolute Gasteiger partial charge is 0.224 e. The van der Waals surface area contributed by atoms with Gasteiger partial charge >= 0.3 is 0 Å². The van der Waals surface area contributed by atoms with Crippen molar-refractivity contribution < 1.29 is 0 Å². The van der Waals surface area contributed by atoms with E-state index in [1.54, 1.807) is 11.3 Å². The van der Waals surface area contributed by atoms with E-state index in [1.165, 1.54) is 0 Å². The third-order valence-electron chi connectivity index (χ3n) is 2.69. The molecule has 6 heteroatoms. The maximum atomic E-state index is 5.93. The molecular formula is C13H11ClN4S. The number of para-hydroxylation sites is 1. The molecule has 0 radical (unpaired) electrons. The first-order valence-corrected chi connectivity index (χ1v) is 7.13. The summed E-state index contributed by atoms with van der Waals surface area (Å²) in [6.07, 6.45) is 2.69. The number of hydrogen-bond acceptors (Lipinski definition) is 5. The van der Waals surface area contributed by atoms with E-state index < -0.39 is 0 Å². The fraction of sp³-hybridized carbons (Fsp3) is 0.154. The molecule has 0 saturated carbocycles. The molecular weight excluding hydrogens is 280 g/mol. The molecule has 0 aliphatic carbocycles.